The maximum atomic E-state index is 11.5. The molecular formula is C9H10N2O5S. The summed E-state index contributed by atoms with van der Waals surface area (Å²) in [6.45, 7) is 1.64. The van der Waals surface area contributed by atoms with E-state index < -0.39 is 16.8 Å². The first kappa shape index (κ1) is 13.1. The molecule has 1 amide bonds. The first-order chi connectivity index (χ1) is 8.04. The van der Waals surface area contributed by atoms with E-state index in [0.29, 0.717) is 0 Å². The van der Waals surface area contributed by atoms with Gasteiger partial charge in [0.2, 0.25) is 0 Å². The van der Waals surface area contributed by atoms with Gasteiger partial charge in [0.05, 0.1) is 17.1 Å². The fourth-order valence-electron chi connectivity index (χ4n) is 1.01. The second-order valence-corrected chi connectivity index (χ2v) is 3.81. The highest BCUT2D eigenvalue weighted by Crippen LogP contribution is 2.22. The Morgan fingerprint density at radius 3 is 2.82 bits per heavy atom. The van der Waals surface area contributed by atoms with Gasteiger partial charge in [0.25, 0.3) is 5.91 Å². The van der Waals surface area contributed by atoms with Gasteiger partial charge >= 0.3 is 11.0 Å². The number of ether oxygens (including phenoxy) is 1. The van der Waals surface area contributed by atoms with Gasteiger partial charge in [0, 0.05) is 11.4 Å². The van der Waals surface area contributed by atoms with Crippen LogP contribution in [-0.2, 0) is 9.53 Å². The first-order valence-electron chi connectivity index (χ1n) is 4.71. The Bertz CT molecular complexity index is 442. The predicted octanol–water partition coefficient (Wildman–Crippen LogP) is 0.949. The van der Waals surface area contributed by atoms with Crippen molar-refractivity contribution in [3.63, 3.8) is 0 Å². The smallest absolute Gasteiger partial charge is 0.325 e. The van der Waals surface area contributed by atoms with Gasteiger partial charge in [-0.15, -0.1) is 0 Å². The molecule has 0 aliphatic heterocycles. The molecule has 1 aromatic heterocycles. The molecule has 1 heterocycles. The second-order valence-electron chi connectivity index (χ2n) is 2.92. The topological polar surface area (TPSA) is 98.5 Å². The van der Waals surface area contributed by atoms with Gasteiger partial charge in [-0.05, 0) is 6.92 Å². The minimum atomic E-state index is -0.577. The molecule has 1 rings (SSSR count). The van der Waals surface area contributed by atoms with E-state index in [0.717, 1.165) is 17.4 Å². The van der Waals surface area contributed by atoms with Crippen molar-refractivity contribution in [1.29, 1.82) is 0 Å². The number of hydrogen-bond donors (Lipinski definition) is 1. The minimum Gasteiger partial charge on any atom is -0.465 e. The Morgan fingerprint density at radius 2 is 2.29 bits per heavy atom. The van der Waals surface area contributed by atoms with E-state index in [-0.39, 0.29) is 23.7 Å². The fraction of sp³-hybridized carbons (Fsp3) is 0.333. The molecule has 0 bridgehead atoms. The van der Waals surface area contributed by atoms with Gasteiger partial charge in [-0.25, -0.2) is 0 Å². The Kier molecular flexibility index (Phi) is 4.58. The Balaban J connectivity index is 2.52. The maximum Gasteiger partial charge on any atom is 0.325 e. The number of nitro groups is 1. The standard InChI is InChI=1S/C9H10N2O5S/c1-2-16-8(12)4-10-9(13)6-3-7(11(14)15)17-5-6/h3,5H,2,4H2,1H3,(H,10,13). The molecule has 0 atom stereocenters. The third-order valence-corrected chi connectivity index (χ3v) is 2.61. The van der Waals surface area contributed by atoms with Crippen LogP contribution in [0.3, 0.4) is 0 Å². The highest BCUT2D eigenvalue weighted by atomic mass is 32.1. The summed E-state index contributed by atoms with van der Waals surface area (Å²) < 4.78 is 4.61. The van der Waals surface area contributed by atoms with E-state index in [4.69, 9.17) is 0 Å². The molecule has 0 aliphatic carbocycles. The lowest BCUT2D eigenvalue weighted by Gasteiger charge is -2.02. The number of nitrogens with zero attached hydrogens (tertiary/aromatic N) is 1. The van der Waals surface area contributed by atoms with Gasteiger partial charge in [-0.3, -0.25) is 19.7 Å². The van der Waals surface area contributed by atoms with Crippen molar-refractivity contribution in [2.75, 3.05) is 13.2 Å². The van der Waals surface area contributed by atoms with Gasteiger partial charge in [-0.2, -0.15) is 0 Å². The lowest BCUT2D eigenvalue weighted by molar-refractivity contribution is -0.380. The summed E-state index contributed by atoms with van der Waals surface area (Å²) in [5.74, 6) is -1.09. The highest BCUT2D eigenvalue weighted by molar-refractivity contribution is 7.13. The van der Waals surface area contributed by atoms with Crippen molar-refractivity contribution in [2.45, 2.75) is 6.92 Å². The fourth-order valence-corrected chi connectivity index (χ4v) is 1.71. The van der Waals surface area contributed by atoms with Crippen LogP contribution in [0, 0.1) is 10.1 Å². The summed E-state index contributed by atoms with van der Waals surface area (Å²) in [5.41, 5.74) is 0.158. The first-order valence-corrected chi connectivity index (χ1v) is 5.59. The lowest BCUT2D eigenvalue weighted by atomic mass is 10.3. The summed E-state index contributed by atoms with van der Waals surface area (Å²) in [4.78, 5) is 32.2. The maximum absolute atomic E-state index is 11.5. The van der Waals surface area contributed by atoms with Crippen LogP contribution < -0.4 is 5.32 Å². The molecule has 1 N–H and O–H groups in total. The molecular weight excluding hydrogens is 248 g/mol. The summed E-state index contributed by atoms with van der Waals surface area (Å²) in [6, 6.07) is 1.16. The van der Waals surface area contributed by atoms with E-state index in [9.17, 15) is 19.7 Å². The quantitative estimate of drug-likeness (QED) is 0.481. The van der Waals surface area contributed by atoms with E-state index in [1.165, 1.54) is 5.38 Å². The highest BCUT2D eigenvalue weighted by Gasteiger charge is 2.15. The third-order valence-electron chi connectivity index (χ3n) is 1.73. The summed E-state index contributed by atoms with van der Waals surface area (Å²) in [6.07, 6.45) is 0. The minimum absolute atomic E-state index is 0.119. The number of carbonyl (C=O) groups excluding carboxylic acids is 2. The summed E-state index contributed by atoms with van der Waals surface area (Å²) in [7, 11) is 0. The third kappa shape index (κ3) is 3.83. The van der Waals surface area contributed by atoms with Crippen molar-refractivity contribution in [1.82, 2.24) is 5.32 Å². The van der Waals surface area contributed by atoms with Crippen LogP contribution in [0.4, 0.5) is 5.00 Å². The van der Waals surface area contributed by atoms with E-state index in [1.807, 2.05) is 0 Å². The van der Waals surface area contributed by atoms with Crippen molar-refractivity contribution in [3.05, 3.63) is 27.1 Å². The number of amides is 1. The molecule has 1 aromatic rings. The van der Waals surface area contributed by atoms with E-state index >= 15 is 0 Å². The zero-order valence-corrected chi connectivity index (χ0v) is 9.78. The lowest BCUT2D eigenvalue weighted by Crippen LogP contribution is -2.30. The van der Waals surface area contributed by atoms with Crippen LogP contribution in [0.25, 0.3) is 0 Å². The van der Waals surface area contributed by atoms with Crippen LogP contribution in [0.2, 0.25) is 0 Å². The Labute approximate surface area is 101 Å². The van der Waals surface area contributed by atoms with Crippen molar-refractivity contribution >= 4 is 28.2 Å². The molecule has 0 saturated heterocycles. The molecule has 7 nitrogen and oxygen atoms in total. The molecule has 0 aliphatic rings. The molecule has 0 spiro atoms. The average molecular weight is 258 g/mol. The number of rotatable bonds is 5. The van der Waals surface area contributed by atoms with Crippen molar-refractivity contribution in [2.24, 2.45) is 0 Å². The Hall–Kier alpha value is -1.96. The zero-order valence-electron chi connectivity index (χ0n) is 8.97. The number of thiophene rings is 1. The molecule has 0 saturated carbocycles. The van der Waals surface area contributed by atoms with E-state index in [1.54, 1.807) is 6.92 Å². The molecule has 92 valence electrons. The van der Waals surface area contributed by atoms with Crippen LogP contribution in [0.1, 0.15) is 17.3 Å². The van der Waals surface area contributed by atoms with Gasteiger partial charge in [0.1, 0.15) is 6.54 Å². The number of carbonyl (C=O) groups is 2. The normalized spacial score (nSPS) is 9.71. The van der Waals surface area contributed by atoms with E-state index in [2.05, 4.69) is 10.1 Å². The van der Waals surface area contributed by atoms with Gasteiger partial charge < -0.3 is 10.1 Å². The van der Waals surface area contributed by atoms with Crippen LogP contribution >= 0.6 is 11.3 Å². The van der Waals surface area contributed by atoms with Crippen molar-refractivity contribution in [3.8, 4) is 0 Å². The van der Waals surface area contributed by atoms with Crippen LogP contribution in [-0.4, -0.2) is 30.0 Å². The van der Waals surface area contributed by atoms with Crippen molar-refractivity contribution < 1.29 is 19.2 Å². The molecule has 0 radical (unpaired) electrons. The summed E-state index contributed by atoms with van der Waals surface area (Å²) >= 11 is 0.854. The molecule has 17 heavy (non-hydrogen) atoms. The zero-order chi connectivity index (χ0) is 12.8. The van der Waals surface area contributed by atoms with Crippen LogP contribution in [0.15, 0.2) is 11.4 Å². The number of nitrogens with one attached hydrogen (secondary N) is 1. The van der Waals surface area contributed by atoms with Gasteiger partial charge in [0.15, 0.2) is 0 Å². The monoisotopic (exact) mass is 258 g/mol. The second kappa shape index (κ2) is 5.94. The molecule has 0 fully saturated rings. The number of esters is 1. The molecule has 0 aromatic carbocycles. The van der Waals surface area contributed by atoms with Crippen LogP contribution in [0.5, 0.6) is 0 Å². The largest absolute Gasteiger partial charge is 0.465 e. The SMILES string of the molecule is CCOC(=O)CNC(=O)c1csc([N+](=O)[O-])c1. The average Bonchev–Trinajstić information content (AvgIpc) is 2.75. The van der Waals surface area contributed by atoms with Gasteiger partial charge in [-0.1, -0.05) is 11.3 Å². The predicted molar refractivity (Wildman–Crippen MR) is 59.9 cm³/mol. The summed E-state index contributed by atoms with van der Waals surface area (Å²) in [5, 5.41) is 13.9. The Morgan fingerprint density at radius 1 is 1.59 bits per heavy atom. The molecule has 8 heteroatoms. The number of hydrogen-bond acceptors (Lipinski definition) is 6. The molecule has 0 unspecified atom stereocenters.